The summed E-state index contributed by atoms with van der Waals surface area (Å²) >= 11 is 0. The van der Waals surface area contributed by atoms with E-state index in [1.807, 2.05) is 6.07 Å². The molecule has 0 bridgehead atoms. The summed E-state index contributed by atoms with van der Waals surface area (Å²) in [7, 11) is 0. The molecule has 1 saturated heterocycles. The van der Waals surface area contributed by atoms with Gasteiger partial charge in [-0.2, -0.15) is 5.10 Å². The van der Waals surface area contributed by atoms with Crippen LogP contribution in [0, 0.1) is 29.5 Å². The summed E-state index contributed by atoms with van der Waals surface area (Å²) in [6.07, 6.45) is 10.8. The van der Waals surface area contributed by atoms with E-state index in [1.54, 1.807) is 6.07 Å². The normalized spacial score (nSPS) is 27.6. The Labute approximate surface area is 226 Å². The fourth-order valence-corrected chi connectivity index (χ4v) is 8.43. The van der Waals surface area contributed by atoms with Crippen LogP contribution in [0.15, 0.2) is 24.3 Å². The summed E-state index contributed by atoms with van der Waals surface area (Å²) in [5.74, 6) is 0.328. The lowest BCUT2D eigenvalue weighted by atomic mass is 9.75. The van der Waals surface area contributed by atoms with Gasteiger partial charge in [0.05, 0.1) is 11.6 Å². The molecule has 2 heterocycles. The molecular weight excluding hydrogens is 477 g/mol. The lowest BCUT2D eigenvalue weighted by Gasteiger charge is -2.41. The van der Waals surface area contributed by atoms with Crippen LogP contribution in [0.3, 0.4) is 0 Å². The molecule has 0 radical (unpaired) electrons. The average molecular weight is 522 g/mol. The average Bonchev–Trinajstić information content (AvgIpc) is 3.37. The van der Waals surface area contributed by atoms with Crippen molar-refractivity contribution in [1.29, 1.82) is 0 Å². The molecule has 1 aromatic carbocycles. The first kappa shape index (κ1) is 26.0. The van der Waals surface area contributed by atoms with Gasteiger partial charge in [-0.1, -0.05) is 31.9 Å². The van der Waals surface area contributed by atoms with Crippen LogP contribution >= 0.6 is 0 Å². The van der Waals surface area contributed by atoms with Crippen molar-refractivity contribution < 1.29 is 14.3 Å². The van der Waals surface area contributed by atoms with E-state index < -0.39 is 5.97 Å². The maximum absolute atomic E-state index is 14.2. The summed E-state index contributed by atoms with van der Waals surface area (Å²) in [4.78, 5) is 14.9. The maximum Gasteiger partial charge on any atom is 0.306 e. The minimum Gasteiger partial charge on any atom is -0.481 e. The predicted molar refractivity (Wildman–Crippen MR) is 147 cm³/mol. The number of carboxylic acid groups (broad SMARTS) is 1. The molecule has 6 rings (SSSR count). The van der Waals surface area contributed by atoms with Gasteiger partial charge in [-0.25, -0.2) is 4.39 Å². The third-order valence-corrected chi connectivity index (χ3v) is 10.6. The third-order valence-electron chi connectivity index (χ3n) is 10.6. The molecule has 2 aromatic rings. The Morgan fingerprint density at radius 1 is 1.18 bits per heavy atom. The molecule has 38 heavy (non-hydrogen) atoms. The highest BCUT2D eigenvalue weighted by atomic mass is 19.1. The van der Waals surface area contributed by atoms with Crippen LogP contribution in [-0.2, 0) is 29.6 Å². The van der Waals surface area contributed by atoms with Crippen molar-refractivity contribution in [3.63, 3.8) is 0 Å². The van der Waals surface area contributed by atoms with Crippen LogP contribution < -0.4 is 0 Å². The van der Waals surface area contributed by atoms with E-state index in [9.17, 15) is 14.3 Å². The van der Waals surface area contributed by atoms with Gasteiger partial charge in [0, 0.05) is 24.2 Å². The highest BCUT2D eigenvalue weighted by Crippen LogP contribution is 2.51. The quantitative estimate of drug-likeness (QED) is 0.427. The molecule has 0 amide bonds. The van der Waals surface area contributed by atoms with E-state index in [-0.39, 0.29) is 29.0 Å². The molecule has 5 nitrogen and oxygen atoms in total. The van der Waals surface area contributed by atoms with E-state index in [2.05, 4.69) is 29.5 Å². The van der Waals surface area contributed by atoms with Gasteiger partial charge in [-0.05, 0) is 118 Å². The number of benzene rings is 1. The van der Waals surface area contributed by atoms with Gasteiger partial charge in [-0.15, -0.1) is 0 Å². The van der Waals surface area contributed by atoms with Crippen LogP contribution in [0.4, 0.5) is 4.39 Å². The summed E-state index contributed by atoms with van der Waals surface area (Å²) in [6.45, 7) is 8.53. The minimum atomic E-state index is -0.628. The standard InChI is InChI=1S/C32H44FN3O2/c1-3-29-26-10-11-32(30(26)36(4-2)34-29)12-14-35(15-13-32)20-24-17-23(28(31(37)38)16-21-8-9-21)19-27(24)22-6-5-7-25(33)18-22/h5-7,18,21,23-24,27-28H,3-4,8-17,19-20H2,1-2H3,(H,37,38)/t23-,24+,27+,28-/m0/s1. The number of aryl methyl sites for hydroxylation is 2. The molecule has 0 unspecified atom stereocenters. The smallest absolute Gasteiger partial charge is 0.306 e. The summed E-state index contributed by atoms with van der Waals surface area (Å²) in [6, 6.07) is 7.09. The van der Waals surface area contributed by atoms with Crippen LogP contribution in [0.25, 0.3) is 0 Å². The molecule has 2 saturated carbocycles. The van der Waals surface area contributed by atoms with Crippen molar-refractivity contribution in [2.45, 2.75) is 95.9 Å². The van der Waals surface area contributed by atoms with Crippen LogP contribution in [-0.4, -0.2) is 45.4 Å². The Hall–Kier alpha value is -2.21. The number of carboxylic acids is 1. The Morgan fingerprint density at radius 2 is 1.97 bits per heavy atom. The van der Waals surface area contributed by atoms with Crippen molar-refractivity contribution in [3.8, 4) is 0 Å². The van der Waals surface area contributed by atoms with Gasteiger partial charge in [0.25, 0.3) is 0 Å². The monoisotopic (exact) mass is 521 g/mol. The number of fused-ring (bicyclic) bond motifs is 2. The molecule has 1 aromatic heterocycles. The van der Waals surface area contributed by atoms with E-state index in [4.69, 9.17) is 5.10 Å². The molecule has 206 valence electrons. The molecular formula is C32H44FN3O2. The Kier molecular flexibility index (Phi) is 7.13. The topological polar surface area (TPSA) is 58.4 Å². The molecule has 1 aliphatic heterocycles. The molecule has 4 aliphatic rings. The number of hydrogen-bond donors (Lipinski definition) is 1. The van der Waals surface area contributed by atoms with Gasteiger partial charge < -0.3 is 10.0 Å². The number of halogens is 1. The first-order chi connectivity index (χ1) is 18.4. The number of nitrogens with zero attached hydrogens (tertiary/aromatic N) is 3. The van der Waals surface area contributed by atoms with Crippen molar-refractivity contribution in [1.82, 2.24) is 14.7 Å². The zero-order valence-electron chi connectivity index (χ0n) is 23.2. The Morgan fingerprint density at radius 3 is 2.63 bits per heavy atom. The first-order valence-corrected chi connectivity index (χ1v) is 15.2. The summed E-state index contributed by atoms with van der Waals surface area (Å²) in [5.41, 5.74) is 5.68. The van der Waals surface area contributed by atoms with Crippen molar-refractivity contribution in [2.24, 2.45) is 23.7 Å². The molecule has 4 atom stereocenters. The first-order valence-electron chi connectivity index (χ1n) is 15.2. The van der Waals surface area contributed by atoms with Gasteiger partial charge in [0.1, 0.15) is 5.82 Å². The second-order valence-corrected chi connectivity index (χ2v) is 12.8. The number of aliphatic carboxylic acids is 1. The second-order valence-electron chi connectivity index (χ2n) is 12.8. The fraction of sp³-hybridized carbons (Fsp3) is 0.688. The number of hydrogen-bond acceptors (Lipinski definition) is 3. The fourth-order valence-electron chi connectivity index (χ4n) is 8.43. The SMILES string of the molecule is CCc1nn(CC)c2c1CCC21CCN(C[C@H]2C[C@H]([C@H](CC3CC3)C(=O)O)C[C@@H]2c2cccc(F)c2)CC1. The highest BCUT2D eigenvalue weighted by molar-refractivity contribution is 5.70. The molecule has 1 spiro atoms. The minimum absolute atomic E-state index is 0.186. The van der Waals surface area contributed by atoms with Gasteiger partial charge in [-0.3, -0.25) is 9.48 Å². The molecule has 3 aliphatic carbocycles. The number of likely N-dealkylation sites (tertiary alicyclic amines) is 1. The molecule has 3 fully saturated rings. The number of carbonyl (C=O) groups is 1. The maximum atomic E-state index is 14.2. The molecule has 1 N–H and O–H groups in total. The number of piperidine rings is 1. The van der Waals surface area contributed by atoms with Crippen molar-refractivity contribution in [3.05, 3.63) is 52.6 Å². The van der Waals surface area contributed by atoms with Crippen LogP contribution in [0.5, 0.6) is 0 Å². The largest absolute Gasteiger partial charge is 0.481 e. The van der Waals surface area contributed by atoms with E-state index in [0.29, 0.717) is 11.8 Å². The Bertz CT molecular complexity index is 1160. The second kappa shape index (κ2) is 10.4. The lowest BCUT2D eigenvalue weighted by Crippen LogP contribution is -2.44. The highest BCUT2D eigenvalue weighted by Gasteiger charge is 2.47. The third kappa shape index (κ3) is 4.82. The summed E-state index contributed by atoms with van der Waals surface area (Å²) in [5, 5.41) is 15.1. The van der Waals surface area contributed by atoms with E-state index in [1.165, 1.54) is 61.5 Å². The number of aromatic nitrogens is 2. The number of rotatable bonds is 9. The predicted octanol–water partition coefficient (Wildman–Crippen LogP) is 6.20. The Balaban J connectivity index is 1.18. The van der Waals surface area contributed by atoms with E-state index >= 15 is 0 Å². The zero-order valence-corrected chi connectivity index (χ0v) is 23.2. The van der Waals surface area contributed by atoms with Crippen molar-refractivity contribution in [2.75, 3.05) is 19.6 Å². The van der Waals surface area contributed by atoms with Gasteiger partial charge >= 0.3 is 5.97 Å². The van der Waals surface area contributed by atoms with Crippen LogP contribution in [0.1, 0.15) is 93.6 Å². The van der Waals surface area contributed by atoms with E-state index in [0.717, 1.165) is 57.4 Å². The van der Waals surface area contributed by atoms with Gasteiger partial charge in [0.15, 0.2) is 0 Å². The lowest BCUT2D eigenvalue weighted by molar-refractivity contribution is -0.144. The summed E-state index contributed by atoms with van der Waals surface area (Å²) < 4.78 is 16.5. The molecule has 6 heteroatoms. The van der Waals surface area contributed by atoms with Crippen LogP contribution in [0.2, 0.25) is 0 Å². The zero-order chi connectivity index (χ0) is 26.4. The van der Waals surface area contributed by atoms with Gasteiger partial charge in [0.2, 0.25) is 0 Å². The van der Waals surface area contributed by atoms with Crippen molar-refractivity contribution >= 4 is 5.97 Å².